The van der Waals surface area contributed by atoms with E-state index in [-0.39, 0.29) is 18.3 Å². The third kappa shape index (κ3) is 5.29. The Labute approximate surface area is 195 Å². The molecule has 0 unspecified atom stereocenters. The van der Waals surface area contributed by atoms with Gasteiger partial charge in [0, 0.05) is 12.7 Å². The zero-order chi connectivity index (χ0) is 21.8. The average Bonchev–Trinajstić information content (AvgIpc) is 2.95. The van der Waals surface area contributed by atoms with E-state index in [4.69, 9.17) is 21.7 Å². The van der Waals surface area contributed by atoms with Crippen molar-refractivity contribution in [1.29, 1.82) is 0 Å². The highest BCUT2D eigenvalue weighted by molar-refractivity contribution is 14.1. The number of rotatable bonds is 6. The molecule has 2 aromatic rings. The maximum atomic E-state index is 13.0. The molecule has 30 heavy (non-hydrogen) atoms. The lowest BCUT2D eigenvalue weighted by Gasteiger charge is -2.14. The highest BCUT2D eigenvalue weighted by atomic mass is 127. The number of anilines is 1. The number of hydrogen-bond acceptors (Lipinski definition) is 6. The van der Waals surface area contributed by atoms with Gasteiger partial charge >= 0.3 is 0 Å². The molecule has 3 rings (SSSR count). The summed E-state index contributed by atoms with van der Waals surface area (Å²) < 4.78 is 25.2. The van der Waals surface area contributed by atoms with Gasteiger partial charge in [-0.1, -0.05) is 24.0 Å². The van der Waals surface area contributed by atoms with E-state index in [1.54, 1.807) is 19.2 Å². The van der Waals surface area contributed by atoms with Gasteiger partial charge in [-0.25, -0.2) is 4.39 Å². The largest absolute Gasteiger partial charge is 0.493 e. The average molecular weight is 558 g/mol. The van der Waals surface area contributed by atoms with E-state index in [0.29, 0.717) is 30.0 Å². The van der Waals surface area contributed by atoms with E-state index >= 15 is 0 Å². The fraction of sp³-hybridized carbons (Fsp3) is 0.150. The first kappa shape index (κ1) is 22.5. The second-order valence-corrected chi connectivity index (χ2v) is 8.96. The van der Waals surface area contributed by atoms with E-state index in [9.17, 15) is 14.0 Å². The smallest absolute Gasteiger partial charge is 0.265 e. The summed E-state index contributed by atoms with van der Waals surface area (Å²) in [6, 6.07) is 8.98. The number of thiocarbonyl (C=S) groups is 1. The van der Waals surface area contributed by atoms with Crippen LogP contribution < -0.4 is 14.8 Å². The quantitative estimate of drug-likeness (QED) is 0.325. The molecule has 10 heteroatoms. The number of ether oxygens (including phenoxy) is 2. The van der Waals surface area contributed by atoms with Crippen molar-refractivity contribution in [3.63, 3.8) is 0 Å². The second kappa shape index (κ2) is 9.75. The van der Waals surface area contributed by atoms with E-state index in [0.717, 1.165) is 5.56 Å². The molecule has 1 heterocycles. The van der Waals surface area contributed by atoms with Crippen LogP contribution in [0, 0.1) is 9.39 Å². The molecule has 0 aliphatic carbocycles. The molecule has 1 saturated heterocycles. The second-order valence-electron chi connectivity index (χ2n) is 6.12. The summed E-state index contributed by atoms with van der Waals surface area (Å²) >= 11 is 8.45. The zero-order valence-electron chi connectivity index (χ0n) is 15.9. The summed E-state index contributed by atoms with van der Waals surface area (Å²) in [5, 5.41) is 2.63. The van der Waals surface area contributed by atoms with Gasteiger partial charge < -0.3 is 14.8 Å². The van der Waals surface area contributed by atoms with Crippen LogP contribution in [-0.4, -0.2) is 41.8 Å². The van der Waals surface area contributed by atoms with Gasteiger partial charge in [-0.15, -0.1) is 0 Å². The Bertz CT molecular complexity index is 1040. The van der Waals surface area contributed by atoms with Gasteiger partial charge in [-0.3, -0.25) is 14.5 Å². The van der Waals surface area contributed by atoms with Crippen molar-refractivity contribution in [3.8, 4) is 11.5 Å². The van der Waals surface area contributed by atoms with Gasteiger partial charge in [-0.2, -0.15) is 0 Å². The molecule has 0 radical (unpaired) electrons. The summed E-state index contributed by atoms with van der Waals surface area (Å²) in [6.45, 7) is -0.252. The number of benzene rings is 2. The molecule has 0 saturated carbocycles. The van der Waals surface area contributed by atoms with Crippen molar-refractivity contribution in [2.45, 2.75) is 0 Å². The number of carbonyl (C=O) groups is 2. The van der Waals surface area contributed by atoms with Gasteiger partial charge in [0.25, 0.3) is 11.8 Å². The number of nitrogens with one attached hydrogen (secondary N) is 1. The van der Waals surface area contributed by atoms with Crippen molar-refractivity contribution in [2.24, 2.45) is 0 Å². The Morgan fingerprint density at radius 2 is 2.03 bits per heavy atom. The first-order chi connectivity index (χ1) is 14.3. The molecule has 0 aromatic heterocycles. The first-order valence-corrected chi connectivity index (χ1v) is 10.9. The third-order valence-electron chi connectivity index (χ3n) is 4.01. The molecule has 0 bridgehead atoms. The number of carbonyl (C=O) groups excluding carboxylic acids is 2. The van der Waals surface area contributed by atoms with Crippen LogP contribution in [0.3, 0.4) is 0 Å². The number of likely N-dealkylation sites (N-methyl/N-ethyl adjacent to an activating group) is 1. The Balaban J connectivity index is 1.73. The highest BCUT2D eigenvalue weighted by Crippen LogP contribution is 2.37. The zero-order valence-corrected chi connectivity index (χ0v) is 19.7. The fourth-order valence-corrected chi connectivity index (χ4v) is 4.49. The minimum atomic E-state index is -0.393. The maximum absolute atomic E-state index is 13.0. The molecule has 0 spiro atoms. The van der Waals surface area contributed by atoms with Gasteiger partial charge in [0.05, 0.1) is 15.6 Å². The predicted octanol–water partition coefficient (Wildman–Crippen LogP) is 4.29. The SMILES string of the molecule is COc1cc(/C=C2\SC(=S)N(C)C2=O)cc(I)c1OCC(=O)Nc1ccc(F)cc1. The summed E-state index contributed by atoms with van der Waals surface area (Å²) in [6.07, 6.45) is 1.73. The molecular weight excluding hydrogens is 542 g/mol. The van der Waals surface area contributed by atoms with Crippen LogP contribution in [0.4, 0.5) is 10.1 Å². The van der Waals surface area contributed by atoms with Gasteiger partial charge in [0.2, 0.25) is 0 Å². The lowest BCUT2D eigenvalue weighted by Crippen LogP contribution is -2.22. The van der Waals surface area contributed by atoms with Crippen LogP contribution in [0.2, 0.25) is 0 Å². The van der Waals surface area contributed by atoms with Crippen molar-refractivity contribution in [2.75, 3.05) is 26.1 Å². The van der Waals surface area contributed by atoms with Crippen molar-refractivity contribution >= 4 is 74.5 Å². The Hall–Kier alpha value is -2.18. The molecule has 1 N–H and O–H groups in total. The normalized spacial score (nSPS) is 14.9. The first-order valence-electron chi connectivity index (χ1n) is 8.56. The summed E-state index contributed by atoms with van der Waals surface area (Å²) in [5.41, 5.74) is 1.21. The molecule has 156 valence electrons. The number of nitrogens with zero attached hydrogens (tertiary/aromatic N) is 1. The number of halogens is 2. The van der Waals surface area contributed by atoms with Crippen LogP contribution in [0.25, 0.3) is 6.08 Å². The highest BCUT2D eigenvalue weighted by Gasteiger charge is 2.28. The topological polar surface area (TPSA) is 67.9 Å². The van der Waals surface area contributed by atoms with Crippen LogP contribution in [0.1, 0.15) is 5.56 Å². The Kier molecular flexibility index (Phi) is 7.32. The number of hydrogen-bond donors (Lipinski definition) is 1. The van der Waals surface area contributed by atoms with Crippen molar-refractivity contribution in [3.05, 3.63) is 56.3 Å². The predicted molar refractivity (Wildman–Crippen MR) is 127 cm³/mol. The summed E-state index contributed by atoms with van der Waals surface area (Å²) in [7, 11) is 3.13. The number of methoxy groups -OCH3 is 1. The van der Waals surface area contributed by atoms with Gasteiger partial charge in [0.15, 0.2) is 18.1 Å². The Morgan fingerprint density at radius 3 is 2.63 bits per heavy atom. The summed E-state index contributed by atoms with van der Waals surface area (Å²) in [4.78, 5) is 26.3. The molecule has 1 aliphatic heterocycles. The van der Waals surface area contributed by atoms with Gasteiger partial charge in [0.1, 0.15) is 10.1 Å². The lowest BCUT2D eigenvalue weighted by molar-refractivity contribution is -0.121. The maximum Gasteiger partial charge on any atom is 0.265 e. The van der Waals surface area contributed by atoms with Crippen LogP contribution >= 0.6 is 46.6 Å². The molecular formula is C20H16FIN2O4S2. The molecule has 1 fully saturated rings. The van der Waals surface area contributed by atoms with E-state index in [1.165, 1.54) is 48.0 Å². The minimum Gasteiger partial charge on any atom is -0.493 e. The molecule has 0 atom stereocenters. The van der Waals surface area contributed by atoms with E-state index < -0.39 is 5.91 Å². The van der Waals surface area contributed by atoms with Crippen molar-refractivity contribution in [1.82, 2.24) is 4.90 Å². The van der Waals surface area contributed by atoms with E-state index in [1.807, 2.05) is 6.07 Å². The van der Waals surface area contributed by atoms with Gasteiger partial charge in [-0.05, 0) is 70.6 Å². The number of amides is 2. The standard InChI is InChI=1S/C20H16FIN2O4S2/c1-24-19(26)16(30-20(24)29)9-11-7-14(22)18(15(8-11)27-2)28-10-17(25)23-13-5-3-12(21)4-6-13/h3-9H,10H2,1-2H3,(H,23,25)/b16-9-. The van der Waals surface area contributed by atoms with E-state index in [2.05, 4.69) is 27.9 Å². The third-order valence-corrected chi connectivity index (χ3v) is 6.30. The monoisotopic (exact) mass is 558 g/mol. The van der Waals surface area contributed by atoms with Crippen LogP contribution in [-0.2, 0) is 9.59 Å². The number of thioether (sulfide) groups is 1. The van der Waals surface area contributed by atoms with Crippen molar-refractivity contribution < 1.29 is 23.5 Å². The lowest BCUT2D eigenvalue weighted by atomic mass is 10.2. The minimum absolute atomic E-state index is 0.156. The fourth-order valence-electron chi connectivity index (χ4n) is 2.53. The Morgan fingerprint density at radius 1 is 1.33 bits per heavy atom. The van der Waals surface area contributed by atoms with Crippen LogP contribution in [0.15, 0.2) is 41.3 Å². The molecule has 1 aliphatic rings. The molecule has 2 aromatic carbocycles. The summed E-state index contributed by atoms with van der Waals surface area (Å²) in [5.74, 6) is -0.0982. The van der Waals surface area contributed by atoms with Crippen LogP contribution in [0.5, 0.6) is 11.5 Å². The molecule has 2 amide bonds. The molecule has 6 nitrogen and oxygen atoms in total.